The Morgan fingerprint density at radius 3 is 2.76 bits per heavy atom. The molecular weight excluding hydrogens is 460 g/mol. The summed E-state index contributed by atoms with van der Waals surface area (Å²) >= 11 is 3.36. The smallest absolute Gasteiger partial charge is 0.263 e. The molecule has 6 heteroatoms. The second-order valence-corrected chi connectivity index (χ2v) is 12.2. The summed E-state index contributed by atoms with van der Waals surface area (Å²) in [6, 6.07) is 15.2. The first-order valence-corrected chi connectivity index (χ1v) is 14.1. The predicted molar refractivity (Wildman–Crippen MR) is 142 cm³/mol. The van der Waals surface area contributed by atoms with E-state index in [1.165, 1.54) is 46.0 Å². The van der Waals surface area contributed by atoms with Gasteiger partial charge in [-0.15, -0.1) is 11.3 Å². The van der Waals surface area contributed by atoms with E-state index in [4.69, 9.17) is 9.72 Å². The Kier molecular flexibility index (Phi) is 5.79. The lowest BCUT2D eigenvalue weighted by molar-refractivity contribution is -0.0379. The van der Waals surface area contributed by atoms with Gasteiger partial charge < -0.3 is 4.74 Å². The zero-order chi connectivity index (χ0) is 23.3. The van der Waals surface area contributed by atoms with E-state index in [1.807, 2.05) is 0 Å². The maximum absolute atomic E-state index is 14.1. The van der Waals surface area contributed by atoms with Crippen molar-refractivity contribution in [1.82, 2.24) is 9.55 Å². The van der Waals surface area contributed by atoms with Crippen LogP contribution in [0.25, 0.3) is 21.0 Å². The quantitative estimate of drug-likeness (QED) is 0.223. The SMILES string of the molecule is CC1(C)Cc2c(sc3nc(SCc4cccc5ccccc45)n(C4CCCCC4)c(=O)c23)CO1. The minimum Gasteiger partial charge on any atom is -0.370 e. The van der Waals surface area contributed by atoms with Gasteiger partial charge in [-0.2, -0.15) is 0 Å². The number of benzene rings is 2. The van der Waals surface area contributed by atoms with Crippen molar-refractivity contribution < 1.29 is 4.74 Å². The number of ether oxygens (including phenoxy) is 1. The molecule has 0 spiro atoms. The lowest BCUT2D eigenvalue weighted by Crippen LogP contribution is -2.33. The minimum absolute atomic E-state index is 0.160. The van der Waals surface area contributed by atoms with Gasteiger partial charge in [-0.3, -0.25) is 9.36 Å². The molecule has 4 nitrogen and oxygen atoms in total. The van der Waals surface area contributed by atoms with Gasteiger partial charge in [0.05, 0.1) is 17.6 Å². The molecule has 1 aliphatic carbocycles. The van der Waals surface area contributed by atoms with Crippen LogP contribution in [0.1, 0.15) is 68.0 Å². The Morgan fingerprint density at radius 1 is 1.12 bits per heavy atom. The summed E-state index contributed by atoms with van der Waals surface area (Å²) in [7, 11) is 0. The van der Waals surface area contributed by atoms with Crippen molar-refractivity contribution in [2.24, 2.45) is 0 Å². The van der Waals surface area contributed by atoms with Crippen molar-refractivity contribution in [3.63, 3.8) is 0 Å². The van der Waals surface area contributed by atoms with Crippen molar-refractivity contribution in [1.29, 1.82) is 0 Å². The molecule has 0 bridgehead atoms. The van der Waals surface area contributed by atoms with Crippen molar-refractivity contribution in [3.05, 3.63) is 68.8 Å². The van der Waals surface area contributed by atoms with Gasteiger partial charge in [-0.25, -0.2) is 4.98 Å². The number of thioether (sulfide) groups is 1. The molecule has 0 atom stereocenters. The highest BCUT2D eigenvalue weighted by Gasteiger charge is 2.32. The van der Waals surface area contributed by atoms with Gasteiger partial charge in [0.15, 0.2) is 5.16 Å². The second kappa shape index (κ2) is 8.81. The molecule has 0 amide bonds. The van der Waals surface area contributed by atoms with Crippen molar-refractivity contribution in [2.75, 3.05) is 0 Å². The summed E-state index contributed by atoms with van der Waals surface area (Å²) in [5.41, 5.74) is 2.37. The van der Waals surface area contributed by atoms with E-state index in [1.54, 1.807) is 23.1 Å². The molecule has 34 heavy (non-hydrogen) atoms. The fourth-order valence-corrected chi connectivity index (χ4v) is 7.72. The topological polar surface area (TPSA) is 44.1 Å². The number of hydrogen-bond donors (Lipinski definition) is 0. The van der Waals surface area contributed by atoms with Crippen molar-refractivity contribution in [3.8, 4) is 0 Å². The largest absolute Gasteiger partial charge is 0.370 e. The Morgan fingerprint density at radius 2 is 1.91 bits per heavy atom. The molecule has 1 aliphatic heterocycles. The Labute approximate surface area is 208 Å². The van der Waals surface area contributed by atoms with Crippen LogP contribution in [0.2, 0.25) is 0 Å². The average Bonchev–Trinajstić information content (AvgIpc) is 3.20. The average molecular weight is 491 g/mol. The lowest BCUT2D eigenvalue weighted by Gasteiger charge is -2.30. The van der Waals surface area contributed by atoms with Gasteiger partial charge in [-0.1, -0.05) is 73.5 Å². The molecule has 2 aromatic carbocycles. The second-order valence-electron chi connectivity index (χ2n) is 10.2. The van der Waals surface area contributed by atoms with E-state index < -0.39 is 0 Å². The highest BCUT2D eigenvalue weighted by Crippen LogP contribution is 2.39. The first kappa shape index (κ1) is 22.3. The molecule has 0 radical (unpaired) electrons. The third kappa shape index (κ3) is 4.00. The fraction of sp³-hybridized carbons (Fsp3) is 0.429. The summed E-state index contributed by atoms with van der Waals surface area (Å²) in [6.07, 6.45) is 6.53. The van der Waals surface area contributed by atoms with E-state index in [2.05, 4.69) is 60.9 Å². The molecule has 2 aliphatic rings. The van der Waals surface area contributed by atoms with Crippen LogP contribution in [0.5, 0.6) is 0 Å². The van der Waals surface area contributed by atoms with Gasteiger partial charge in [0.25, 0.3) is 5.56 Å². The predicted octanol–water partition coefficient (Wildman–Crippen LogP) is 7.26. The molecule has 0 saturated heterocycles. The normalized spacial score (nSPS) is 18.4. The maximum atomic E-state index is 14.1. The lowest BCUT2D eigenvalue weighted by atomic mass is 9.93. The maximum Gasteiger partial charge on any atom is 0.263 e. The molecule has 6 rings (SSSR count). The highest BCUT2D eigenvalue weighted by atomic mass is 32.2. The number of aromatic nitrogens is 2. The summed E-state index contributed by atoms with van der Waals surface area (Å²) in [5, 5.41) is 4.24. The Balaban J connectivity index is 1.45. The third-order valence-corrected chi connectivity index (χ3v) is 9.38. The Bertz CT molecular complexity index is 1420. The molecule has 4 aromatic rings. The van der Waals surface area contributed by atoms with Crippen LogP contribution in [0.3, 0.4) is 0 Å². The molecule has 1 saturated carbocycles. The van der Waals surface area contributed by atoms with Gasteiger partial charge in [-0.05, 0) is 48.6 Å². The van der Waals surface area contributed by atoms with Crippen LogP contribution < -0.4 is 5.56 Å². The van der Waals surface area contributed by atoms with Gasteiger partial charge in [0.2, 0.25) is 0 Å². The van der Waals surface area contributed by atoms with E-state index in [0.717, 1.165) is 40.4 Å². The highest BCUT2D eigenvalue weighted by molar-refractivity contribution is 7.98. The molecule has 3 heterocycles. The fourth-order valence-electron chi connectivity index (χ4n) is 5.51. The van der Waals surface area contributed by atoms with Crippen molar-refractivity contribution in [2.45, 2.75) is 81.5 Å². The molecule has 176 valence electrons. The molecule has 0 unspecified atom stereocenters. The molecule has 0 N–H and O–H groups in total. The summed E-state index contributed by atoms with van der Waals surface area (Å²) in [5.74, 6) is 0.799. The van der Waals surface area contributed by atoms with E-state index in [-0.39, 0.29) is 17.2 Å². The van der Waals surface area contributed by atoms with E-state index in [9.17, 15) is 4.79 Å². The number of thiophene rings is 1. The van der Waals surface area contributed by atoms with Crippen LogP contribution in [0, 0.1) is 0 Å². The standard InChI is InChI=1S/C28H30N2O2S2/c1-28(2)15-22-23(16-32-28)34-25-24(22)26(31)30(20-12-4-3-5-13-20)27(29-25)33-17-19-11-8-10-18-9-6-7-14-21(18)19/h6-11,14,20H,3-5,12-13,15-17H2,1-2H3. The third-order valence-electron chi connectivity index (χ3n) is 7.28. The van der Waals surface area contributed by atoms with Crippen LogP contribution in [0.4, 0.5) is 0 Å². The number of fused-ring (bicyclic) bond motifs is 4. The Hall–Kier alpha value is -2.15. The summed E-state index contributed by atoms with van der Waals surface area (Å²) in [6.45, 7) is 4.80. The van der Waals surface area contributed by atoms with Gasteiger partial charge >= 0.3 is 0 Å². The molecule has 2 aromatic heterocycles. The monoisotopic (exact) mass is 490 g/mol. The zero-order valence-corrected chi connectivity index (χ0v) is 21.4. The minimum atomic E-state index is -0.245. The number of hydrogen-bond acceptors (Lipinski definition) is 5. The number of rotatable bonds is 4. The van der Waals surface area contributed by atoms with Crippen LogP contribution in [-0.4, -0.2) is 15.2 Å². The first-order chi connectivity index (χ1) is 16.5. The van der Waals surface area contributed by atoms with E-state index >= 15 is 0 Å². The van der Waals surface area contributed by atoms with E-state index in [0.29, 0.717) is 6.61 Å². The van der Waals surface area contributed by atoms with Crippen molar-refractivity contribution >= 4 is 44.1 Å². The number of nitrogens with zero attached hydrogens (tertiary/aromatic N) is 2. The van der Waals surface area contributed by atoms with Gasteiger partial charge in [0.1, 0.15) is 4.83 Å². The van der Waals surface area contributed by atoms with Crippen LogP contribution in [-0.2, 0) is 23.5 Å². The van der Waals surface area contributed by atoms with Gasteiger partial charge in [0, 0.05) is 23.1 Å². The summed E-state index contributed by atoms with van der Waals surface area (Å²) in [4.78, 5) is 21.3. The molecular formula is C28H30N2O2S2. The van der Waals surface area contributed by atoms with Crippen LogP contribution in [0.15, 0.2) is 52.4 Å². The summed E-state index contributed by atoms with van der Waals surface area (Å²) < 4.78 is 8.12. The zero-order valence-electron chi connectivity index (χ0n) is 19.8. The first-order valence-electron chi connectivity index (χ1n) is 12.3. The van der Waals surface area contributed by atoms with Crippen LogP contribution >= 0.6 is 23.1 Å². The molecule has 1 fully saturated rings.